The van der Waals surface area contributed by atoms with Crippen molar-refractivity contribution in [3.8, 4) is 11.5 Å². The van der Waals surface area contributed by atoms with Gasteiger partial charge in [-0.05, 0) is 49.7 Å². The van der Waals surface area contributed by atoms with E-state index in [0.717, 1.165) is 5.56 Å². The number of hydrogen-bond acceptors (Lipinski definition) is 3. The lowest BCUT2D eigenvalue weighted by Crippen LogP contribution is -2.07. The van der Waals surface area contributed by atoms with E-state index in [9.17, 15) is 14.6 Å². The molecule has 3 N–H and O–H groups in total. The van der Waals surface area contributed by atoms with Crippen molar-refractivity contribution in [3.05, 3.63) is 53.3 Å². The summed E-state index contributed by atoms with van der Waals surface area (Å²) < 4.78 is 13.3. The van der Waals surface area contributed by atoms with Gasteiger partial charge in [0.1, 0.15) is 17.3 Å². The van der Waals surface area contributed by atoms with Crippen LogP contribution in [0.5, 0.6) is 11.5 Å². The first-order valence-electron chi connectivity index (χ1n) is 6.02. The third-order valence-corrected chi connectivity index (χ3v) is 2.92. The summed E-state index contributed by atoms with van der Waals surface area (Å²) in [5, 5.41) is 22.6. The average Bonchev–Trinajstić information content (AvgIpc) is 2.26. The molecule has 0 amide bonds. The van der Waals surface area contributed by atoms with Gasteiger partial charge in [-0.25, -0.2) is 4.39 Å². The maximum absolute atomic E-state index is 13.3. The van der Waals surface area contributed by atoms with Crippen LogP contribution in [-0.4, -0.2) is 10.2 Å². The second-order valence-electron chi connectivity index (χ2n) is 4.59. The Morgan fingerprint density at radius 1 is 1.11 bits per heavy atom. The number of benzene rings is 2. The molecule has 0 heterocycles. The second-order valence-corrected chi connectivity index (χ2v) is 4.59. The molecule has 2 rings (SSSR count). The van der Waals surface area contributed by atoms with Crippen LogP contribution in [0.25, 0.3) is 0 Å². The molecule has 1 atom stereocenters. The largest absolute Gasteiger partial charge is 0.507 e. The summed E-state index contributed by atoms with van der Waals surface area (Å²) in [5.41, 5.74) is 1.80. The molecule has 0 spiro atoms. The molecule has 2 aromatic rings. The van der Waals surface area contributed by atoms with Crippen LogP contribution in [0.15, 0.2) is 36.4 Å². The zero-order chi connectivity index (χ0) is 14.0. The fourth-order valence-corrected chi connectivity index (χ4v) is 2.13. The van der Waals surface area contributed by atoms with Crippen molar-refractivity contribution in [2.45, 2.75) is 19.9 Å². The molecule has 0 saturated carbocycles. The highest BCUT2D eigenvalue weighted by atomic mass is 19.1. The van der Waals surface area contributed by atoms with E-state index in [2.05, 4.69) is 5.32 Å². The number of hydrogen-bond donors (Lipinski definition) is 3. The molecule has 3 nitrogen and oxygen atoms in total. The fraction of sp³-hybridized carbons (Fsp3) is 0.200. The molecule has 0 saturated heterocycles. The first-order chi connectivity index (χ1) is 8.97. The first-order valence-corrected chi connectivity index (χ1v) is 6.02. The summed E-state index contributed by atoms with van der Waals surface area (Å²) in [4.78, 5) is 0. The highest BCUT2D eigenvalue weighted by molar-refractivity contribution is 5.52. The van der Waals surface area contributed by atoms with Crippen LogP contribution in [0.2, 0.25) is 0 Å². The minimum absolute atomic E-state index is 0.00752. The van der Waals surface area contributed by atoms with Crippen molar-refractivity contribution in [2.24, 2.45) is 0 Å². The molecule has 0 radical (unpaired) electrons. The van der Waals surface area contributed by atoms with E-state index in [0.29, 0.717) is 11.3 Å². The predicted octanol–water partition coefficient (Wildman–Crippen LogP) is 3.72. The van der Waals surface area contributed by atoms with Gasteiger partial charge in [0.2, 0.25) is 0 Å². The van der Waals surface area contributed by atoms with Crippen molar-refractivity contribution in [1.29, 1.82) is 0 Å². The van der Waals surface area contributed by atoms with Crippen molar-refractivity contribution < 1.29 is 14.6 Å². The normalized spacial score (nSPS) is 12.2. The van der Waals surface area contributed by atoms with E-state index in [4.69, 9.17) is 0 Å². The third-order valence-electron chi connectivity index (χ3n) is 2.92. The highest BCUT2D eigenvalue weighted by Gasteiger charge is 2.15. The Balaban J connectivity index is 2.28. The van der Waals surface area contributed by atoms with E-state index in [1.165, 1.54) is 24.3 Å². The summed E-state index contributed by atoms with van der Waals surface area (Å²) in [6.45, 7) is 3.59. The Morgan fingerprint density at radius 2 is 1.74 bits per heavy atom. The Hall–Kier alpha value is -2.23. The van der Waals surface area contributed by atoms with Gasteiger partial charge < -0.3 is 15.5 Å². The van der Waals surface area contributed by atoms with Crippen LogP contribution >= 0.6 is 0 Å². The van der Waals surface area contributed by atoms with Crippen molar-refractivity contribution in [1.82, 2.24) is 0 Å². The number of aryl methyl sites for hydroxylation is 1. The monoisotopic (exact) mass is 261 g/mol. The average molecular weight is 261 g/mol. The van der Waals surface area contributed by atoms with Gasteiger partial charge in [0.25, 0.3) is 0 Å². The molecule has 0 bridgehead atoms. The van der Waals surface area contributed by atoms with Gasteiger partial charge in [0, 0.05) is 5.69 Å². The first kappa shape index (κ1) is 13.2. The zero-order valence-corrected chi connectivity index (χ0v) is 10.8. The molecule has 0 aromatic heterocycles. The number of aromatic hydroxyl groups is 2. The van der Waals surface area contributed by atoms with E-state index >= 15 is 0 Å². The molecule has 0 aliphatic carbocycles. The quantitative estimate of drug-likeness (QED) is 0.789. The van der Waals surface area contributed by atoms with Crippen LogP contribution in [0.1, 0.15) is 24.1 Å². The molecule has 4 heteroatoms. The van der Waals surface area contributed by atoms with E-state index in [-0.39, 0.29) is 23.4 Å². The van der Waals surface area contributed by atoms with Crippen LogP contribution < -0.4 is 5.32 Å². The van der Waals surface area contributed by atoms with Crippen molar-refractivity contribution >= 4 is 5.69 Å². The number of phenols is 2. The number of anilines is 1. The highest BCUT2D eigenvalue weighted by Crippen LogP contribution is 2.34. The number of halogens is 1. The Bertz CT molecular complexity index is 558. The molecule has 2 aromatic carbocycles. The maximum atomic E-state index is 13.3. The van der Waals surface area contributed by atoms with Crippen LogP contribution in [0, 0.1) is 12.7 Å². The van der Waals surface area contributed by atoms with E-state index < -0.39 is 0 Å². The van der Waals surface area contributed by atoms with Gasteiger partial charge in [-0.2, -0.15) is 0 Å². The molecule has 0 aliphatic heterocycles. The molecule has 19 heavy (non-hydrogen) atoms. The lowest BCUT2D eigenvalue weighted by Gasteiger charge is -2.18. The topological polar surface area (TPSA) is 52.5 Å². The Morgan fingerprint density at radius 3 is 2.32 bits per heavy atom. The van der Waals surface area contributed by atoms with Gasteiger partial charge >= 0.3 is 0 Å². The molecular weight excluding hydrogens is 245 g/mol. The summed E-state index contributed by atoms with van der Waals surface area (Å²) in [7, 11) is 0. The lowest BCUT2D eigenvalue weighted by molar-refractivity contribution is 0.434. The summed E-state index contributed by atoms with van der Waals surface area (Å²) in [6.07, 6.45) is 0. The minimum atomic E-state index is -0.345. The van der Waals surface area contributed by atoms with Gasteiger partial charge in [0.15, 0.2) is 0 Å². The fourth-order valence-electron chi connectivity index (χ4n) is 2.13. The number of nitrogens with one attached hydrogen (secondary N) is 1. The van der Waals surface area contributed by atoms with Gasteiger partial charge in [-0.3, -0.25) is 0 Å². The lowest BCUT2D eigenvalue weighted by atomic mass is 10.1. The SMILES string of the molecule is Cc1cc(F)cc(NC(C)c2c(O)cccc2O)c1. The molecular formula is C15H16FNO2. The maximum Gasteiger partial charge on any atom is 0.125 e. The summed E-state index contributed by atoms with van der Waals surface area (Å²) in [5.74, 6) is -0.308. The predicted molar refractivity (Wildman–Crippen MR) is 72.9 cm³/mol. The molecule has 0 fully saturated rings. The Labute approximate surface area is 111 Å². The smallest absolute Gasteiger partial charge is 0.125 e. The van der Waals surface area contributed by atoms with Crippen LogP contribution in [0.4, 0.5) is 10.1 Å². The van der Waals surface area contributed by atoms with Crippen molar-refractivity contribution in [3.63, 3.8) is 0 Å². The number of phenolic OH excluding ortho intramolecular Hbond substituents is 2. The van der Waals surface area contributed by atoms with Crippen LogP contribution in [0.3, 0.4) is 0 Å². The minimum Gasteiger partial charge on any atom is -0.507 e. The number of rotatable bonds is 3. The van der Waals surface area contributed by atoms with Crippen molar-refractivity contribution in [2.75, 3.05) is 5.32 Å². The van der Waals surface area contributed by atoms with E-state index in [1.54, 1.807) is 26.0 Å². The summed E-state index contributed by atoms with van der Waals surface area (Å²) >= 11 is 0. The van der Waals surface area contributed by atoms with Gasteiger partial charge in [0.05, 0.1) is 11.6 Å². The van der Waals surface area contributed by atoms with Crippen LogP contribution in [-0.2, 0) is 0 Å². The Kier molecular flexibility index (Phi) is 3.60. The zero-order valence-electron chi connectivity index (χ0n) is 10.8. The molecule has 100 valence electrons. The summed E-state index contributed by atoms with van der Waals surface area (Å²) in [6, 6.07) is 8.84. The molecule has 1 unspecified atom stereocenters. The third kappa shape index (κ3) is 2.96. The standard InChI is InChI=1S/C15H16FNO2/c1-9-6-11(16)8-12(7-9)17-10(2)15-13(18)4-3-5-14(15)19/h3-8,10,17-19H,1-2H3. The van der Waals surface area contributed by atoms with Gasteiger partial charge in [-0.15, -0.1) is 0 Å². The van der Waals surface area contributed by atoms with E-state index in [1.807, 2.05) is 0 Å². The second kappa shape index (κ2) is 5.18. The molecule has 0 aliphatic rings. The van der Waals surface area contributed by atoms with Gasteiger partial charge in [-0.1, -0.05) is 6.07 Å².